The predicted octanol–water partition coefficient (Wildman–Crippen LogP) is -0.127. The molecule has 0 fully saturated rings. The van der Waals surface area contributed by atoms with Gasteiger partial charge in [-0.1, -0.05) is 0 Å². The second-order valence-corrected chi connectivity index (χ2v) is 2.77. The first-order valence-corrected chi connectivity index (χ1v) is 4.09. The maximum atomic E-state index is 11.3. The van der Waals surface area contributed by atoms with Crippen molar-refractivity contribution in [2.75, 3.05) is 0 Å². The fraction of sp³-hybridized carbons (Fsp3) is 0.111. The summed E-state index contributed by atoms with van der Waals surface area (Å²) in [5, 5.41) is 8.70. The molecule has 74 valence electrons. The molecular formula is C9H5N3O3. The molecule has 2 aromatic heterocycles. The van der Waals surface area contributed by atoms with Crippen LogP contribution in [0.2, 0.25) is 0 Å². The minimum absolute atomic E-state index is 0.167. The maximum Gasteiger partial charge on any atom is 0.424 e. The third-order valence-electron chi connectivity index (χ3n) is 1.89. The standard InChI is InChI=1S/C9H5N3O3/c10-3-5-12-7-6(2-1-4-11-7)8(13)15-9(12)14/h1-2,4H,5H2. The van der Waals surface area contributed by atoms with E-state index in [4.69, 9.17) is 5.26 Å². The van der Waals surface area contributed by atoms with Crippen LogP contribution in [0, 0.1) is 11.3 Å². The lowest BCUT2D eigenvalue weighted by Gasteiger charge is -2.01. The van der Waals surface area contributed by atoms with Crippen molar-refractivity contribution in [3.05, 3.63) is 39.3 Å². The van der Waals surface area contributed by atoms with E-state index in [0.29, 0.717) is 0 Å². The molecule has 0 aromatic carbocycles. The van der Waals surface area contributed by atoms with Crippen molar-refractivity contribution >= 4 is 11.0 Å². The van der Waals surface area contributed by atoms with Crippen LogP contribution in [0.15, 0.2) is 32.3 Å². The zero-order valence-corrected chi connectivity index (χ0v) is 7.51. The van der Waals surface area contributed by atoms with E-state index in [1.807, 2.05) is 0 Å². The highest BCUT2D eigenvalue weighted by Gasteiger charge is 2.08. The topological polar surface area (TPSA) is 88.9 Å². The first kappa shape index (κ1) is 9.15. The van der Waals surface area contributed by atoms with Gasteiger partial charge in [-0.15, -0.1) is 0 Å². The molecule has 0 amide bonds. The molecule has 0 aliphatic carbocycles. The average Bonchev–Trinajstić information content (AvgIpc) is 2.24. The van der Waals surface area contributed by atoms with E-state index in [1.165, 1.54) is 12.3 Å². The highest BCUT2D eigenvalue weighted by Crippen LogP contribution is 2.02. The smallest absolute Gasteiger partial charge is 0.372 e. The van der Waals surface area contributed by atoms with E-state index in [2.05, 4.69) is 9.40 Å². The first-order chi connectivity index (χ1) is 7.24. The average molecular weight is 203 g/mol. The van der Waals surface area contributed by atoms with Gasteiger partial charge in [0, 0.05) is 6.20 Å². The number of rotatable bonds is 1. The van der Waals surface area contributed by atoms with E-state index in [1.54, 1.807) is 12.1 Å². The molecule has 15 heavy (non-hydrogen) atoms. The molecule has 2 aromatic rings. The monoisotopic (exact) mass is 203 g/mol. The minimum atomic E-state index is -0.868. The van der Waals surface area contributed by atoms with Crippen LogP contribution < -0.4 is 11.4 Å². The summed E-state index contributed by atoms with van der Waals surface area (Å²) in [5.74, 6) is -0.868. The molecule has 2 rings (SSSR count). The van der Waals surface area contributed by atoms with Crippen LogP contribution >= 0.6 is 0 Å². The summed E-state index contributed by atoms with van der Waals surface area (Å²) in [6.07, 6.45) is 1.44. The van der Waals surface area contributed by atoms with Gasteiger partial charge in [0.2, 0.25) is 0 Å². The van der Waals surface area contributed by atoms with Gasteiger partial charge in [-0.05, 0) is 12.1 Å². The Balaban J connectivity index is 2.98. The Morgan fingerprint density at radius 3 is 3.07 bits per heavy atom. The largest absolute Gasteiger partial charge is 0.424 e. The van der Waals surface area contributed by atoms with Crippen LogP contribution in [0.4, 0.5) is 0 Å². The van der Waals surface area contributed by atoms with Gasteiger partial charge < -0.3 is 4.42 Å². The van der Waals surface area contributed by atoms with Crippen molar-refractivity contribution in [2.24, 2.45) is 0 Å². The van der Waals surface area contributed by atoms with Crippen LogP contribution in [-0.2, 0) is 6.54 Å². The zero-order chi connectivity index (χ0) is 10.8. The molecule has 0 N–H and O–H groups in total. The summed E-state index contributed by atoms with van der Waals surface area (Å²) in [5.41, 5.74) is -0.572. The highest BCUT2D eigenvalue weighted by molar-refractivity contribution is 5.72. The van der Waals surface area contributed by atoms with Gasteiger partial charge in [-0.2, -0.15) is 5.26 Å². The summed E-state index contributed by atoms with van der Waals surface area (Å²) in [6.45, 7) is -0.198. The van der Waals surface area contributed by atoms with Crippen LogP contribution in [0.1, 0.15) is 0 Å². The van der Waals surface area contributed by atoms with Crippen molar-refractivity contribution in [1.29, 1.82) is 5.26 Å². The van der Waals surface area contributed by atoms with Gasteiger partial charge in [0.05, 0.1) is 6.07 Å². The Morgan fingerprint density at radius 2 is 2.33 bits per heavy atom. The lowest BCUT2D eigenvalue weighted by Crippen LogP contribution is -2.25. The molecule has 0 radical (unpaired) electrons. The van der Waals surface area contributed by atoms with Gasteiger partial charge in [-0.3, -0.25) is 0 Å². The first-order valence-electron chi connectivity index (χ1n) is 4.09. The quantitative estimate of drug-likeness (QED) is 0.644. The molecule has 0 atom stereocenters. The molecule has 0 saturated carbocycles. The van der Waals surface area contributed by atoms with E-state index in [-0.39, 0.29) is 17.6 Å². The van der Waals surface area contributed by atoms with Gasteiger partial charge in [0.1, 0.15) is 11.9 Å². The van der Waals surface area contributed by atoms with Crippen molar-refractivity contribution in [3.63, 3.8) is 0 Å². The fourth-order valence-electron chi connectivity index (χ4n) is 1.26. The molecule has 0 spiro atoms. The molecule has 0 saturated heterocycles. The molecule has 0 aliphatic rings. The number of nitriles is 1. The maximum absolute atomic E-state index is 11.3. The Bertz CT molecular complexity index is 663. The third-order valence-corrected chi connectivity index (χ3v) is 1.89. The zero-order valence-electron chi connectivity index (χ0n) is 7.51. The normalized spacial score (nSPS) is 10.1. The summed E-state index contributed by atoms with van der Waals surface area (Å²) >= 11 is 0. The van der Waals surface area contributed by atoms with E-state index in [9.17, 15) is 9.59 Å². The van der Waals surface area contributed by atoms with Crippen molar-refractivity contribution in [2.45, 2.75) is 6.54 Å². The summed E-state index contributed by atoms with van der Waals surface area (Å²) in [4.78, 5) is 26.4. The van der Waals surface area contributed by atoms with E-state index < -0.39 is 11.4 Å². The lowest BCUT2D eigenvalue weighted by atomic mass is 10.3. The minimum Gasteiger partial charge on any atom is -0.372 e. The Kier molecular flexibility index (Phi) is 2.06. The molecule has 6 heteroatoms. The Morgan fingerprint density at radius 1 is 1.53 bits per heavy atom. The molecule has 0 unspecified atom stereocenters. The van der Waals surface area contributed by atoms with E-state index >= 15 is 0 Å². The molecule has 2 heterocycles. The highest BCUT2D eigenvalue weighted by atomic mass is 16.4. The molecule has 0 aliphatic heterocycles. The van der Waals surface area contributed by atoms with Crippen LogP contribution in [0.25, 0.3) is 11.0 Å². The molecule has 6 nitrogen and oxygen atoms in total. The number of pyridine rings is 1. The van der Waals surface area contributed by atoms with Crippen LogP contribution in [-0.4, -0.2) is 9.55 Å². The molecular weight excluding hydrogens is 198 g/mol. The SMILES string of the molecule is N#CCn1c(=O)oc(=O)c2cccnc21. The summed E-state index contributed by atoms with van der Waals surface area (Å²) < 4.78 is 5.45. The number of nitrogens with zero attached hydrogens (tertiary/aromatic N) is 3. The number of fused-ring (bicyclic) bond motifs is 1. The fourth-order valence-corrected chi connectivity index (χ4v) is 1.26. The summed E-state index contributed by atoms with van der Waals surface area (Å²) in [7, 11) is 0. The van der Waals surface area contributed by atoms with E-state index in [0.717, 1.165) is 4.57 Å². The second kappa shape index (κ2) is 3.38. The van der Waals surface area contributed by atoms with Crippen LogP contribution in [0.5, 0.6) is 0 Å². The van der Waals surface area contributed by atoms with Gasteiger partial charge in [-0.25, -0.2) is 19.1 Å². The summed E-state index contributed by atoms with van der Waals surface area (Å²) in [6, 6.07) is 4.84. The van der Waals surface area contributed by atoms with Gasteiger partial charge in [0.25, 0.3) is 0 Å². The van der Waals surface area contributed by atoms with Crippen LogP contribution in [0.3, 0.4) is 0 Å². The van der Waals surface area contributed by atoms with Crippen molar-refractivity contribution in [3.8, 4) is 6.07 Å². The van der Waals surface area contributed by atoms with Gasteiger partial charge in [0.15, 0.2) is 5.65 Å². The van der Waals surface area contributed by atoms with Gasteiger partial charge >= 0.3 is 11.4 Å². The Labute approximate surface area is 83.0 Å². The number of aromatic nitrogens is 2. The second-order valence-electron chi connectivity index (χ2n) is 2.77. The lowest BCUT2D eigenvalue weighted by molar-refractivity contribution is 0.425. The van der Waals surface area contributed by atoms with Crippen molar-refractivity contribution in [1.82, 2.24) is 9.55 Å². The Hall–Kier alpha value is -2.42. The van der Waals surface area contributed by atoms with Crippen molar-refractivity contribution < 1.29 is 4.42 Å². The number of hydrogen-bond donors (Lipinski definition) is 0. The third kappa shape index (κ3) is 1.40. The number of hydrogen-bond acceptors (Lipinski definition) is 5. The molecule has 0 bridgehead atoms. The predicted molar refractivity (Wildman–Crippen MR) is 50.2 cm³/mol.